The molecular weight excluding hydrogens is 561 g/mol. The Labute approximate surface area is 240 Å². The number of sulfone groups is 1. The van der Waals surface area contributed by atoms with Crippen molar-refractivity contribution in [2.75, 3.05) is 31.1 Å². The Morgan fingerprint density at radius 1 is 0.878 bits per heavy atom. The maximum absolute atomic E-state index is 14.1. The number of unbranched alkanes of at least 4 members (excludes halogenated alkanes) is 3. The monoisotopic (exact) mass is 601 g/mol. The normalized spacial score (nSPS) is 14.4. The van der Waals surface area contributed by atoms with Crippen LogP contribution in [0.3, 0.4) is 0 Å². The molecule has 228 valence electrons. The number of alkyl halides is 3. The summed E-state index contributed by atoms with van der Waals surface area (Å²) in [6.07, 6.45) is 1.36. The van der Waals surface area contributed by atoms with Crippen LogP contribution < -0.4 is 0 Å². The van der Waals surface area contributed by atoms with E-state index in [1.165, 1.54) is 6.07 Å². The molecule has 1 N–H and O–H groups in total. The molecule has 10 heteroatoms. The highest BCUT2D eigenvalue weighted by molar-refractivity contribution is 7.91. The summed E-state index contributed by atoms with van der Waals surface area (Å²) in [5.41, 5.74) is 4.89. The number of benzene rings is 2. The fourth-order valence-corrected chi connectivity index (χ4v) is 6.75. The molecule has 0 aromatic heterocycles. The maximum atomic E-state index is 14.1. The van der Waals surface area contributed by atoms with Crippen LogP contribution in [0.5, 0.6) is 5.75 Å². The number of aromatic hydroxyl groups is 1. The highest BCUT2D eigenvalue weighted by Gasteiger charge is 2.29. The summed E-state index contributed by atoms with van der Waals surface area (Å²) < 4.78 is 88.6. The van der Waals surface area contributed by atoms with Crippen LogP contribution in [-0.2, 0) is 16.3 Å². The zero-order valence-electron chi connectivity index (χ0n) is 23.6. The highest BCUT2D eigenvalue weighted by atomic mass is 32.2. The van der Waals surface area contributed by atoms with Crippen LogP contribution in [0.15, 0.2) is 36.4 Å². The molecule has 0 radical (unpaired) electrons. The van der Waals surface area contributed by atoms with Crippen molar-refractivity contribution in [3.8, 4) is 5.75 Å². The summed E-state index contributed by atoms with van der Waals surface area (Å²) in [4.78, 5) is 2.12. The molecule has 3 rings (SSSR count). The van der Waals surface area contributed by atoms with E-state index in [0.29, 0.717) is 18.5 Å². The van der Waals surface area contributed by atoms with Gasteiger partial charge in [0.05, 0.1) is 17.9 Å². The average molecular weight is 602 g/mol. The van der Waals surface area contributed by atoms with E-state index in [4.69, 9.17) is 0 Å². The van der Waals surface area contributed by atoms with Gasteiger partial charge in [-0.05, 0) is 117 Å². The second-order valence-corrected chi connectivity index (χ2v) is 13.1. The molecule has 0 saturated heterocycles. The van der Waals surface area contributed by atoms with Crippen LogP contribution in [0.1, 0.15) is 81.4 Å². The molecule has 41 heavy (non-hydrogen) atoms. The molecule has 1 aliphatic carbocycles. The van der Waals surface area contributed by atoms with E-state index in [2.05, 4.69) is 4.90 Å². The minimum Gasteiger partial charge on any atom is -0.508 e. The second-order valence-electron chi connectivity index (χ2n) is 10.8. The number of nitrogens with zero attached hydrogens (tertiary/aromatic N) is 1. The van der Waals surface area contributed by atoms with Gasteiger partial charge in [-0.1, -0.05) is 31.9 Å². The van der Waals surface area contributed by atoms with Crippen molar-refractivity contribution in [1.29, 1.82) is 0 Å². The van der Waals surface area contributed by atoms with Gasteiger partial charge in [-0.2, -0.15) is 13.2 Å². The minimum absolute atomic E-state index is 0.207. The molecule has 2 aromatic rings. The largest absolute Gasteiger partial charge is 0.508 e. The van der Waals surface area contributed by atoms with Crippen molar-refractivity contribution in [3.63, 3.8) is 0 Å². The lowest BCUT2D eigenvalue weighted by atomic mass is 9.89. The zero-order valence-corrected chi connectivity index (χ0v) is 24.4. The molecule has 0 amide bonds. The summed E-state index contributed by atoms with van der Waals surface area (Å²) in [6.45, 7) is 4.02. The van der Waals surface area contributed by atoms with Crippen molar-refractivity contribution < 1.29 is 35.5 Å². The van der Waals surface area contributed by atoms with Gasteiger partial charge in [0.25, 0.3) is 0 Å². The van der Waals surface area contributed by atoms with E-state index in [9.17, 15) is 35.5 Å². The predicted octanol–water partition coefficient (Wildman–Crippen LogP) is 7.95. The quantitative estimate of drug-likeness (QED) is 0.166. The van der Waals surface area contributed by atoms with Gasteiger partial charge >= 0.3 is 6.18 Å². The van der Waals surface area contributed by atoms with Crippen LogP contribution in [-0.4, -0.2) is 55.7 Å². The van der Waals surface area contributed by atoms with Crippen molar-refractivity contribution in [3.05, 3.63) is 64.7 Å². The van der Waals surface area contributed by atoms with Gasteiger partial charge in [-0.25, -0.2) is 17.2 Å². The lowest BCUT2D eigenvalue weighted by Crippen LogP contribution is -2.28. The third kappa shape index (κ3) is 10.7. The topological polar surface area (TPSA) is 57.6 Å². The smallest absolute Gasteiger partial charge is 0.390 e. The number of hydrogen-bond donors (Lipinski definition) is 1. The van der Waals surface area contributed by atoms with E-state index < -0.39 is 39.8 Å². The lowest BCUT2D eigenvalue weighted by Gasteiger charge is -2.20. The first kappa shape index (κ1) is 33.0. The first-order valence-corrected chi connectivity index (χ1v) is 16.2. The van der Waals surface area contributed by atoms with Crippen molar-refractivity contribution in [2.24, 2.45) is 0 Å². The number of aryl methyl sites for hydroxylation is 1. The maximum Gasteiger partial charge on any atom is 0.390 e. The highest BCUT2D eigenvalue weighted by Crippen LogP contribution is 2.40. The van der Waals surface area contributed by atoms with Gasteiger partial charge in [-0.15, -0.1) is 0 Å². The first-order valence-electron chi connectivity index (χ1n) is 14.4. The third-order valence-electron chi connectivity index (χ3n) is 7.64. The van der Waals surface area contributed by atoms with Crippen molar-refractivity contribution in [1.82, 2.24) is 4.90 Å². The van der Waals surface area contributed by atoms with Gasteiger partial charge in [0.1, 0.15) is 5.75 Å². The molecule has 4 nitrogen and oxygen atoms in total. The number of rotatable bonds is 15. The molecule has 0 heterocycles. The Morgan fingerprint density at radius 2 is 1.61 bits per heavy atom. The standard InChI is InChI=1S/C31H40F5NO3S/c1-2-37(18-8-19-41(39,40)20-16-31(34,35)36)17-6-4-3-5-10-28-26(24-12-15-29(32)30(33)22-24)11-7-9-23-21-25(38)13-14-27(23)28/h12-15,21-22,38H,2-11,16-20H2,1H3. The summed E-state index contributed by atoms with van der Waals surface area (Å²) in [5.74, 6) is -2.64. The Morgan fingerprint density at radius 3 is 2.32 bits per heavy atom. The van der Waals surface area contributed by atoms with Gasteiger partial charge in [0.2, 0.25) is 0 Å². The first-order chi connectivity index (χ1) is 19.4. The van der Waals surface area contributed by atoms with E-state index >= 15 is 0 Å². The van der Waals surface area contributed by atoms with Gasteiger partial charge in [0, 0.05) is 0 Å². The summed E-state index contributed by atoms with van der Waals surface area (Å²) in [7, 11) is -3.72. The molecule has 0 aliphatic heterocycles. The number of allylic oxidation sites excluding steroid dienone is 2. The van der Waals surface area contributed by atoms with Crippen LogP contribution in [0.2, 0.25) is 0 Å². The molecule has 0 saturated carbocycles. The number of fused-ring (bicyclic) bond motifs is 1. The number of halogens is 5. The summed E-state index contributed by atoms with van der Waals surface area (Å²) in [5, 5.41) is 10.0. The molecule has 0 atom stereocenters. The predicted molar refractivity (Wildman–Crippen MR) is 153 cm³/mol. The molecular formula is C31H40F5NO3S. The van der Waals surface area contributed by atoms with Crippen molar-refractivity contribution in [2.45, 2.75) is 77.3 Å². The van der Waals surface area contributed by atoms with E-state index in [1.807, 2.05) is 13.0 Å². The van der Waals surface area contributed by atoms with E-state index in [1.54, 1.807) is 18.2 Å². The van der Waals surface area contributed by atoms with Gasteiger partial charge in [-0.3, -0.25) is 0 Å². The van der Waals surface area contributed by atoms with Crippen molar-refractivity contribution >= 4 is 21.0 Å². The van der Waals surface area contributed by atoms with E-state index in [0.717, 1.165) is 92.8 Å². The Kier molecular flexibility index (Phi) is 12.2. The summed E-state index contributed by atoms with van der Waals surface area (Å²) >= 11 is 0. The van der Waals surface area contributed by atoms with Crippen LogP contribution in [0, 0.1) is 11.6 Å². The number of hydrogen-bond acceptors (Lipinski definition) is 4. The Hall–Kier alpha value is -2.46. The number of phenolic OH excluding ortho intramolecular Hbond substituents is 1. The molecule has 2 aromatic carbocycles. The van der Waals surface area contributed by atoms with Gasteiger partial charge in [0.15, 0.2) is 21.5 Å². The minimum atomic E-state index is -4.47. The lowest BCUT2D eigenvalue weighted by molar-refractivity contribution is -0.129. The van der Waals surface area contributed by atoms with E-state index in [-0.39, 0.29) is 11.5 Å². The fourth-order valence-electron chi connectivity index (χ4n) is 5.44. The van der Waals surface area contributed by atoms with Gasteiger partial charge < -0.3 is 10.0 Å². The summed E-state index contributed by atoms with van der Waals surface area (Å²) in [6, 6.07) is 9.40. The SMILES string of the molecule is CCN(CCCCCCC1=C(c2ccc(F)c(F)c2)CCCc2cc(O)ccc21)CCCS(=O)(=O)CCC(F)(F)F. The molecule has 0 bridgehead atoms. The average Bonchev–Trinajstić information content (AvgIpc) is 3.08. The molecule has 1 aliphatic rings. The van der Waals surface area contributed by atoms with Crippen LogP contribution >= 0.6 is 0 Å². The Balaban J connectivity index is 1.54. The second kappa shape index (κ2) is 15.1. The molecule has 0 spiro atoms. The molecule has 0 fully saturated rings. The molecule has 0 unspecified atom stereocenters. The van der Waals surface area contributed by atoms with Crippen LogP contribution in [0.25, 0.3) is 11.1 Å². The third-order valence-corrected chi connectivity index (χ3v) is 9.38. The number of phenols is 1. The fraction of sp³-hybridized carbons (Fsp3) is 0.548. The van der Waals surface area contributed by atoms with Crippen LogP contribution in [0.4, 0.5) is 22.0 Å². The Bertz CT molecular complexity index is 1290. The zero-order chi connectivity index (χ0) is 30.0.